The zero-order chi connectivity index (χ0) is 14.8. The van der Waals surface area contributed by atoms with E-state index in [1.807, 2.05) is 6.07 Å². The summed E-state index contributed by atoms with van der Waals surface area (Å²) in [6.07, 6.45) is 2.23. The van der Waals surface area contributed by atoms with Crippen LogP contribution in [0.25, 0.3) is 0 Å². The summed E-state index contributed by atoms with van der Waals surface area (Å²) in [5.41, 5.74) is 1.01. The van der Waals surface area contributed by atoms with Crippen LogP contribution in [0.5, 0.6) is 0 Å². The monoisotopic (exact) mass is 294 g/mol. The van der Waals surface area contributed by atoms with Crippen molar-refractivity contribution >= 4 is 10.0 Å². The van der Waals surface area contributed by atoms with E-state index >= 15 is 0 Å². The number of sulfonamides is 1. The molecule has 0 spiro atoms. The van der Waals surface area contributed by atoms with E-state index in [1.54, 1.807) is 13.0 Å². The third kappa shape index (κ3) is 3.37. The van der Waals surface area contributed by atoms with Crippen molar-refractivity contribution in [2.24, 2.45) is 0 Å². The summed E-state index contributed by atoms with van der Waals surface area (Å²) in [6, 6.07) is 6.40. The molecule has 1 aliphatic carbocycles. The topological polar surface area (TPSA) is 90.2 Å². The van der Waals surface area contributed by atoms with Crippen LogP contribution in [-0.4, -0.2) is 25.7 Å². The zero-order valence-corrected chi connectivity index (χ0v) is 12.2. The number of aliphatic hydroxyl groups is 1. The molecule has 0 saturated heterocycles. The average molecular weight is 294 g/mol. The summed E-state index contributed by atoms with van der Waals surface area (Å²) in [5.74, 6) is 0. The van der Waals surface area contributed by atoms with Gasteiger partial charge in [-0.25, -0.2) is 13.1 Å². The number of aliphatic hydroxyl groups excluding tert-OH is 1. The number of rotatable bonds is 3. The van der Waals surface area contributed by atoms with Crippen molar-refractivity contribution in [3.05, 3.63) is 29.3 Å². The summed E-state index contributed by atoms with van der Waals surface area (Å²) in [7, 11) is -3.57. The molecule has 0 radical (unpaired) electrons. The number of hydrogen-bond acceptors (Lipinski definition) is 4. The first-order chi connectivity index (χ1) is 9.42. The van der Waals surface area contributed by atoms with E-state index in [9.17, 15) is 13.5 Å². The maximum Gasteiger partial charge on any atom is 0.241 e. The van der Waals surface area contributed by atoms with Gasteiger partial charge in [-0.15, -0.1) is 0 Å². The Kier molecular flexibility index (Phi) is 4.43. The molecular formula is C14H18N2O3S. The Morgan fingerprint density at radius 2 is 1.95 bits per heavy atom. The molecular weight excluding hydrogens is 276 g/mol. The molecule has 1 aliphatic rings. The van der Waals surface area contributed by atoms with Crippen LogP contribution in [-0.2, 0) is 10.0 Å². The number of nitriles is 1. The van der Waals surface area contributed by atoms with Crippen LogP contribution in [0.4, 0.5) is 0 Å². The average Bonchev–Trinajstić information content (AvgIpc) is 2.40. The molecule has 5 nitrogen and oxygen atoms in total. The van der Waals surface area contributed by atoms with Crippen LogP contribution < -0.4 is 4.72 Å². The lowest BCUT2D eigenvalue weighted by Gasteiger charge is -2.26. The fraction of sp³-hybridized carbons (Fsp3) is 0.500. The van der Waals surface area contributed by atoms with Gasteiger partial charge in [-0.1, -0.05) is 0 Å². The minimum Gasteiger partial charge on any atom is -0.393 e. The molecule has 1 aromatic rings. The largest absolute Gasteiger partial charge is 0.393 e. The Bertz CT molecular complexity index is 626. The standard InChI is InChI=1S/C14H18N2O3S/c1-10-8-11(9-15)2-7-14(10)20(18,19)16-12-3-5-13(17)6-4-12/h2,7-8,12-13,16-17H,3-6H2,1H3. The minimum atomic E-state index is -3.57. The zero-order valence-electron chi connectivity index (χ0n) is 11.3. The summed E-state index contributed by atoms with van der Waals surface area (Å²) in [5, 5.41) is 18.2. The van der Waals surface area contributed by atoms with Gasteiger partial charge in [0.25, 0.3) is 0 Å². The van der Waals surface area contributed by atoms with Gasteiger partial charge in [0.2, 0.25) is 10.0 Å². The lowest BCUT2D eigenvalue weighted by Crippen LogP contribution is -2.38. The van der Waals surface area contributed by atoms with Gasteiger partial charge < -0.3 is 5.11 Å². The molecule has 0 aromatic heterocycles. The van der Waals surface area contributed by atoms with Gasteiger partial charge >= 0.3 is 0 Å². The first-order valence-electron chi connectivity index (χ1n) is 6.63. The molecule has 0 atom stereocenters. The van der Waals surface area contributed by atoms with Crippen molar-refractivity contribution in [2.45, 2.75) is 49.6 Å². The second-order valence-electron chi connectivity index (χ2n) is 5.22. The van der Waals surface area contributed by atoms with Gasteiger partial charge in [-0.05, 0) is 56.4 Å². The molecule has 6 heteroatoms. The van der Waals surface area contributed by atoms with Crippen molar-refractivity contribution in [3.63, 3.8) is 0 Å². The highest BCUT2D eigenvalue weighted by atomic mass is 32.2. The number of nitrogens with one attached hydrogen (secondary N) is 1. The van der Waals surface area contributed by atoms with Crippen LogP contribution >= 0.6 is 0 Å². The van der Waals surface area contributed by atoms with Crippen molar-refractivity contribution in [1.29, 1.82) is 5.26 Å². The molecule has 0 amide bonds. The summed E-state index contributed by atoms with van der Waals surface area (Å²) in [4.78, 5) is 0.211. The van der Waals surface area contributed by atoms with Gasteiger partial charge in [0, 0.05) is 6.04 Å². The van der Waals surface area contributed by atoms with Gasteiger partial charge in [0.05, 0.1) is 22.6 Å². The lowest BCUT2D eigenvalue weighted by molar-refractivity contribution is 0.120. The maximum absolute atomic E-state index is 12.3. The third-order valence-corrected chi connectivity index (χ3v) is 5.29. The first kappa shape index (κ1) is 15.0. The van der Waals surface area contributed by atoms with Crippen LogP contribution in [0.2, 0.25) is 0 Å². The van der Waals surface area contributed by atoms with E-state index in [4.69, 9.17) is 5.26 Å². The van der Waals surface area contributed by atoms with Crippen molar-refractivity contribution in [3.8, 4) is 6.07 Å². The third-order valence-electron chi connectivity index (χ3n) is 3.61. The molecule has 0 unspecified atom stereocenters. The van der Waals surface area contributed by atoms with Crippen molar-refractivity contribution < 1.29 is 13.5 Å². The second-order valence-corrected chi connectivity index (χ2v) is 6.90. The molecule has 1 aromatic carbocycles. The van der Waals surface area contributed by atoms with Gasteiger partial charge in [0.1, 0.15) is 0 Å². The second kappa shape index (κ2) is 5.92. The van der Waals surface area contributed by atoms with E-state index in [-0.39, 0.29) is 17.0 Å². The molecule has 1 saturated carbocycles. The van der Waals surface area contributed by atoms with Crippen molar-refractivity contribution in [2.75, 3.05) is 0 Å². The minimum absolute atomic E-state index is 0.126. The SMILES string of the molecule is Cc1cc(C#N)ccc1S(=O)(=O)NC1CCC(O)CC1. The lowest BCUT2D eigenvalue weighted by atomic mass is 9.94. The fourth-order valence-electron chi connectivity index (χ4n) is 2.50. The Labute approximate surface area is 119 Å². The fourth-order valence-corrected chi connectivity index (χ4v) is 4.03. The van der Waals surface area contributed by atoms with E-state index < -0.39 is 10.0 Å². The highest BCUT2D eigenvalue weighted by Gasteiger charge is 2.25. The molecule has 108 valence electrons. The highest BCUT2D eigenvalue weighted by molar-refractivity contribution is 7.89. The Morgan fingerprint density at radius 3 is 2.50 bits per heavy atom. The highest BCUT2D eigenvalue weighted by Crippen LogP contribution is 2.22. The quantitative estimate of drug-likeness (QED) is 0.882. The summed E-state index contributed by atoms with van der Waals surface area (Å²) in [6.45, 7) is 1.68. The van der Waals surface area contributed by atoms with E-state index in [0.717, 1.165) is 0 Å². The van der Waals surface area contributed by atoms with E-state index in [0.29, 0.717) is 36.8 Å². The molecule has 0 heterocycles. The number of nitrogens with zero attached hydrogens (tertiary/aromatic N) is 1. The van der Waals surface area contributed by atoms with E-state index in [1.165, 1.54) is 12.1 Å². The van der Waals surface area contributed by atoms with Crippen molar-refractivity contribution in [1.82, 2.24) is 4.72 Å². The molecule has 20 heavy (non-hydrogen) atoms. The smallest absolute Gasteiger partial charge is 0.241 e. The van der Waals surface area contributed by atoms with Gasteiger partial charge in [-0.3, -0.25) is 0 Å². The number of benzene rings is 1. The Balaban J connectivity index is 2.16. The normalized spacial score (nSPS) is 23.2. The first-order valence-corrected chi connectivity index (χ1v) is 8.12. The Morgan fingerprint density at radius 1 is 1.30 bits per heavy atom. The molecule has 1 fully saturated rings. The van der Waals surface area contributed by atoms with Crippen LogP contribution in [0, 0.1) is 18.3 Å². The van der Waals surface area contributed by atoms with Gasteiger partial charge in [-0.2, -0.15) is 5.26 Å². The number of aryl methyl sites for hydroxylation is 1. The van der Waals surface area contributed by atoms with E-state index in [2.05, 4.69) is 4.72 Å². The molecule has 2 N–H and O–H groups in total. The maximum atomic E-state index is 12.3. The number of hydrogen-bond donors (Lipinski definition) is 2. The summed E-state index contributed by atoms with van der Waals surface area (Å²) < 4.78 is 27.4. The molecule has 2 rings (SSSR count). The van der Waals surface area contributed by atoms with Crippen LogP contribution in [0.3, 0.4) is 0 Å². The van der Waals surface area contributed by atoms with Crippen LogP contribution in [0.1, 0.15) is 36.8 Å². The predicted octanol–water partition coefficient (Wildman–Crippen LogP) is 1.45. The Hall–Kier alpha value is -1.42. The summed E-state index contributed by atoms with van der Waals surface area (Å²) >= 11 is 0. The predicted molar refractivity (Wildman–Crippen MR) is 74.5 cm³/mol. The van der Waals surface area contributed by atoms with Gasteiger partial charge in [0.15, 0.2) is 0 Å². The van der Waals surface area contributed by atoms with Crippen LogP contribution in [0.15, 0.2) is 23.1 Å². The molecule has 0 bridgehead atoms. The molecule has 0 aliphatic heterocycles.